The molecule has 2 fully saturated rings. The van der Waals surface area contributed by atoms with Crippen LogP contribution in [0.3, 0.4) is 0 Å². The van der Waals surface area contributed by atoms with Gasteiger partial charge in [-0.15, -0.1) is 0 Å². The predicted molar refractivity (Wildman–Crippen MR) is 194 cm³/mol. The van der Waals surface area contributed by atoms with Gasteiger partial charge in [-0.2, -0.15) is 0 Å². The van der Waals surface area contributed by atoms with Crippen LogP contribution in [0, 0.1) is 0 Å². The van der Waals surface area contributed by atoms with E-state index < -0.39 is 0 Å². The van der Waals surface area contributed by atoms with E-state index in [1.165, 1.54) is 11.4 Å². The number of ketones is 1. The van der Waals surface area contributed by atoms with Crippen molar-refractivity contribution in [1.82, 2.24) is 9.80 Å². The molecule has 48 heavy (non-hydrogen) atoms. The van der Waals surface area contributed by atoms with Crippen molar-refractivity contribution in [2.24, 2.45) is 0 Å². The Morgan fingerprint density at radius 3 is 1.27 bits per heavy atom. The summed E-state index contributed by atoms with van der Waals surface area (Å²) in [7, 11) is 0. The number of Topliss-reactive ketones (excluding diaryl/α,β-unsaturated/α-hetero) is 1. The van der Waals surface area contributed by atoms with Crippen molar-refractivity contribution in [3.05, 3.63) is 132 Å². The number of piperazine rings is 2. The molecule has 4 aromatic rings. The molecule has 2 aliphatic rings. The molecule has 2 saturated heterocycles. The Labute approximate surface area is 286 Å². The van der Waals surface area contributed by atoms with E-state index >= 15 is 0 Å². The molecule has 0 N–H and O–H groups in total. The molecule has 4 aromatic carbocycles. The fourth-order valence-electron chi connectivity index (χ4n) is 7.23. The Morgan fingerprint density at radius 2 is 0.917 bits per heavy atom. The van der Waals surface area contributed by atoms with Crippen molar-refractivity contribution in [2.45, 2.75) is 51.2 Å². The molecular weight excluding hydrogens is 596 g/mol. The fourth-order valence-corrected chi connectivity index (χ4v) is 7.23. The van der Waals surface area contributed by atoms with Gasteiger partial charge >= 0.3 is 0 Å². The Morgan fingerprint density at radius 1 is 0.562 bits per heavy atom. The summed E-state index contributed by atoms with van der Waals surface area (Å²) >= 11 is 0. The molecule has 7 nitrogen and oxygen atoms in total. The first-order chi connectivity index (χ1) is 23.6. The highest BCUT2D eigenvalue weighted by Gasteiger charge is 2.40. The molecule has 252 valence electrons. The normalized spacial score (nSPS) is 20.4. The third-order valence-electron chi connectivity index (χ3n) is 9.81. The molecule has 0 aromatic heterocycles. The topological polar surface area (TPSA) is 48.5 Å². The molecule has 6 rings (SSSR count). The minimum absolute atomic E-state index is 0.192. The van der Waals surface area contributed by atoms with Crippen LogP contribution in [0.25, 0.3) is 0 Å². The van der Waals surface area contributed by atoms with Crippen LogP contribution in [0.15, 0.2) is 121 Å². The van der Waals surface area contributed by atoms with Crippen LogP contribution in [0.1, 0.15) is 25.0 Å². The number of rotatable bonds is 14. The maximum absolute atomic E-state index is 15.0. The summed E-state index contributed by atoms with van der Waals surface area (Å²) in [6, 6.07) is 41.4. The summed E-state index contributed by atoms with van der Waals surface area (Å²) in [5.74, 6) is 0.192. The first-order valence-electron chi connectivity index (χ1n) is 17.5. The standard InChI is InChI=1S/C41H50N4O3/c1-33-27-42(23-25-44(33)37-19-11-5-12-20-37)39(31-47-29-35-15-7-3-8-16-35)41(46)40(32-48-30-36-17-9-4-10-18-36)43-24-26-45(34(2)28-43)38-21-13-6-14-22-38/h3-22,33-34,39-40H,23-32H2,1-2H3. The summed E-state index contributed by atoms with van der Waals surface area (Å²) in [6.45, 7) is 11.0. The smallest absolute Gasteiger partial charge is 0.171 e. The lowest BCUT2D eigenvalue weighted by Gasteiger charge is -2.47. The van der Waals surface area contributed by atoms with Crippen LogP contribution in [0.2, 0.25) is 0 Å². The number of benzene rings is 4. The van der Waals surface area contributed by atoms with Crippen LogP contribution in [-0.4, -0.2) is 92.2 Å². The minimum Gasteiger partial charge on any atom is -0.375 e. The molecule has 0 saturated carbocycles. The molecule has 7 heteroatoms. The monoisotopic (exact) mass is 646 g/mol. The molecule has 0 spiro atoms. The number of para-hydroxylation sites is 2. The lowest BCUT2D eigenvalue weighted by atomic mass is 9.99. The molecule has 0 amide bonds. The molecule has 0 aliphatic carbocycles. The van der Waals surface area contributed by atoms with Gasteiger partial charge in [0.05, 0.1) is 38.5 Å². The second-order valence-electron chi connectivity index (χ2n) is 13.2. The number of anilines is 2. The van der Waals surface area contributed by atoms with Crippen molar-refractivity contribution in [1.29, 1.82) is 0 Å². The summed E-state index contributed by atoms with van der Waals surface area (Å²) in [6.07, 6.45) is 0. The Bertz CT molecular complexity index is 1410. The van der Waals surface area contributed by atoms with Crippen molar-refractivity contribution in [2.75, 3.05) is 62.3 Å². The van der Waals surface area contributed by atoms with E-state index in [4.69, 9.17) is 9.47 Å². The highest BCUT2D eigenvalue weighted by molar-refractivity contribution is 5.89. The first kappa shape index (κ1) is 33.9. The van der Waals surface area contributed by atoms with E-state index in [-0.39, 0.29) is 30.0 Å². The summed E-state index contributed by atoms with van der Waals surface area (Å²) in [5, 5.41) is 0. The molecular formula is C41H50N4O3. The molecule has 2 heterocycles. The highest BCUT2D eigenvalue weighted by Crippen LogP contribution is 2.25. The maximum atomic E-state index is 15.0. The second kappa shape index (κ2) is 16.9. The largest absolute Gasteiger partial charge is 0.375 e. The predicted octanol–water partition coefficient (Wildman–Crippen LogP) is 6.15. The molecule has 2 aliphatic heterocycles. The van der Waals surface area contributed by atoms with Crippen molar-refractivity contribution >= 4 is 17.2 Å². The molecule has 0 bridgehead atoms. The van der Waals surface area contributed by atoms with Crippen molar-refractivity contribution in [3.8, 4) is 0 Å². The van der Waals surface area contributed by atoms with Crippen LogP contribution in [0.5, 0.6) is 0 Å². The maximum Gasteiger partial charge on any atom is 0.171 e. The number of hydrogen-bond donors (Lipinski definition) is 0. The SMILES string of the molecule is CC1CN(C(COCc2ccccc2)C(=O)C(COCc2ccccc2)N2CCN(c3ccccc3)C(C)C2)CCN1c1ccccc1. The lowest BCUT2D eigenvalue weighted by Crippen LogP contribution is -2.63. The van der Waals surface area contributed by atoms with Crippen LogP contribution in [-0.2, 0) is 27.5 Å². The van der Waals surface area contributed by atoms with Gasteiger partial charge in [-0.05, 0) is 49.2 Å². The quantitative estimate of drug-likeness (QED) is 0.163. The number of carbonyl (C=O) groups excluding carboxylic acids is 1. The average molecular weight is 647 g/mol. The van der Waals surface area contributed by atoms with Gasteiger partial charge in [0.2, 0.25) is 0 Å². The fraction of sp³-hybridized carbons (Fsp3) is 0.390. The Hall–Kier alpha value is -4.01. The van der Waals surface area contributed by atoms with E-state index in [1.54, 1.807) is 0 Å². The van der Waals surface area contributed by atoms with E-state index in [0.29, 0.717) is 26.4 Å². The van der Waals surface area contributed by atoms with Gasteiger partial charge in [0.1, 0.15) is 0 Å². The second-order valence-corrected chi connectivity index (χ2v) is 13.2. The highest BCUT2D eigenvalue weighted by atomic mass is 16.5. The minimum atomic E-state index is -0.373. The number of ether oxygens (including phenoxy) is 2. The summed E-state index contributed by atoms with van der Waals surface area (Å²) in [5.41, 5.74) is 4.68. The van der Waals surface area contributed by atoms with Gasteiger partial charge < -0.3 is 19.3 Å². The van der Waals surface area contributed by atoms with Crippen LogP contribution in [0.4, 0.5) is 11.4 Å². The van der Waals surface area contributed by atoms with E-state index in [0.717, 1.165) is 50.4 Å². The van der Waals surface area contributed by atoms with Gasteiger partial charge in [-0.25, -0.2) is 0 Å². The first-order valence-corrected chi connectivity index (χ1v) is 17.5. The van der Waals surface area contributed by atoms with Crippen molar-refractivity contribution < 1.29 is 14.3 Å². The van der Waals surface area contributed by atoms with E-state index in [1.807, 2.05) is 36.4 Å². The van der Waals surface area contributed by atoms with Gasteiger partial charge in [-0.3, -0.25) is 14.6 Å². The third-order valence-corrected chi connectivity index (χ3v) is 9.81. The zero-order chi connectivity index (χ0) is 33.1. The zero-order valence-corrected chi connectivity index (χ0v) is 28.4. The average Bonchev–Trinajstić information content (AvgIpc) is 3.13. The van der Waals surface area contributed by atoms with Crippen LogP contribution >= 0.6 is 0 Å². The Balaban J connectivity index is 1.21. The van der Waals surface area contributed by atoms with Gasteiger partial charge in [0, 0.05) is 62.7 Å². The van der Waals surface area contributed by atoms with Gasteiger partial charge in [0.15, 0.2) is 5.78 Å². The van der Waals surface area contributed by atoms with Crippen LogP contribution < -0.4 is 9.80 Å². The lowest BCUT2D eigenvalue weighted by molar-refractivity contribution is -0.135. The molecule has 0 radical (unpaired) electrons. The summed E-state index contributed by atoms with van der Waals surface area (Å²) < 4.78 is 12.7. The van der Waals surface area contributed by atoms with Gasteiger partial charge in [-0.1, -0.05) is 97.1 Å². The number of carbonyl (C=O) groups is 1. The third kappa shape index (κ3) is 8.71. The van der Waals surface area contributed by atoms with E-state index in [2.05, 4.69) is 118 Å². The van der Waals surface area contributed by atoms with Gasteiger partial charge in [0.25, 0.3) is 0 Å². The zero-order valence-electron chi connectivity index (χ0n) is 28.4. The van der Waals surface area contributed by atoms with E-state index in [9.17, 15) is 4.79 Å². The van der Waals surface area contributed by atoms with Crippen molar-refractivity contribution in [3.63, 3.8) is 0 Å². The molecule has 4 unspecified atom stereocenters. The summed E-state index contributed by atoms with van der Waals surface area (Å²) in [4.78, 5) is 24.6. The Kier molecular flexibility index (Phi) is 11.9. The number of hydrogen-bond acceptors (Lipinski definition) is 7. The molecule has 4 atom stereocenters. The number of nitrogens with zero attached hydrogens (tertiary/aromatic N) is 4.